The monoisotopic (exact) mass is 298 g/mol. The lowest BCUT2D eigenvalue weighted by Gasteiger charge is -2.06. The van der Waals surface area contributed by atoms with Gasteiger partial charge in [-0.2, -0.15) is 0 Å². The number of hydrogen-bond acceptors (Lipinski definition) is 4. The number of pyridine rings is 2. The molecular weight excluding hydrogens is 280 g/mol. The molecule has 6 nitrogen and oxygen atoms in total. The standard InChI is InChI=1S/C16H18N4O2/c21-15(13-5-3-7-17-11-13)19-9-1-2-10-20-16(22)14-6-4-8-18-12-14/h3-8,11-12H,1-2,9-10H2,(H,19,21)(H,20,22). The molecular formula is C16H18N4O2. The molecule has 2 amide bonds. The normalized spacial score (nSPS) is 10.0. The summed E-state index contributed by atoms with van der Waals surface area (Å²) in [6, 6.07) is 6.89. The third-order valence-electron chi connectivity index (χ3n) is 3.02. The van der Waals surface area contributed by atoms with E-state index in [1.165, 1.54) is 12.4 Å². The molecule has 6 heteroatoms. The molecule has 2 rings (SSSR count). The van der Waals surface area contributed by atoms with Crippen molar-refractivity contribution in [2.24, 2.45) is 0 Å². The van der Waals surface area contributed by atoms with E-state index in [2.05, 4.69) is 20.6 Å². The van der Waals surface area contributed by atoms with Gasteiger partial charge in [-0.3, -0.25) is 19.6 Å². The van der Waals surface area contributed by atoms with E-state index in [-0.39, 0.29) is 11.8 Å². The van der Waals surface area contributed by atoms with Crippen LogP contribution in [-0.2, 0) is 0 Å². The van der Waals surface area contributed by atoms with E-state index in [0.29, 0.717) is 24.2 Å². The first-order valence-corrected chi connectivity index (χ1v) is 7.14. The number of carbonyl (C=O) groups excluding carboxylic acids is 2. The highest BCUT2D eigenvalue weighted by molar-refractivity contribution is 5.94. The van der Waals surface area contributed by atoms with Crippen LogP contribution in [0.15, 0.2) is 49.1 Å². The number of amides is 2. The number of unbranched alkanes of at least 4 members (excludes halogenated alkanes) is 1. The fraction of sp³-hybridized carbons (Fsp3) is 0.250. The van der Waals surface area contributed by atoms with Crippen molar-refractivity contribution in [1.82, 2.24) is 20.6 Å². The van der Waals surface area contributed by atoms with E-state index in [0.717, 1.165) is 12.8 Å². The predicted molar refractivity (Wildman–Crippen MR) is 82.4 cm³/mol. The fourth-order valence-electron chi connectivity index (χ4n) is 1.85. The van der Waals surface area contributed by atoms with Gasteiger partial charge in [-0.05, 0) is 37.1 Å². The van der Waals surface area contributed by atoms with Gasteiger partial charge >= 0.3 is 0 Å². The summed E-state index contributed by atoms with van der Waals surface area (Å²) in [5, 5.41) is 5.63. The van der Waals surface area contributed by atoms with Gasteiger partial charge in [-0.1, -0.05) is 0 Å². The zero-order valence-electron chi connectivity index (χ0n) is 12.2. The largest absolute Gasteiger partial charge is 0.352 e. The number of carbonyl (C=O) groups is 2. The van der Waals surface area contributed by atoms with Crippen LogP contribution >= 0.6 is 0 Å². The van der Waals surface area contributed by atoms with Gasteiger partial charge in [0.05, 0.1) is 11.1 Å². The first-order chi connectivity index (χ1) is 10.8. The molecule has 0 spiro atoms. The van der Waals surface area contributed by atoms with Crippen molar-refractivity contribution in [3.8, 4) is 0 Å². The summed E-state index contributed by atoms with van der Waals surface area (Å²) in [6.07, 6.45) is 7.90. The average molecular weight is 298 g/mol. The first-order valence-electron chi connectivity index (χ1n) is 7.14. The van der Waals surface area contributed by atoms with Crippen LogP contribution in [-0.4, -0.2) is 34.9 Å². The van der Waals surface area contributed by atoms with E-state index in [9.17, 15) is 9.59 Å². The second-order valence-corrected chi connectivity index (χ2v) is 4.70. The van der Waals surface area contributed by atoms with Crippen LogP contribution in [0.25, 0.3) is 0 Å². The maximum absolute atomic E-state index is 11.7. The molecule has 0 atom stereocenters. The molecule has 2 aromatic heterocycles. The molecule has 0 radical (unpaired) electrons. The van der Waals surface area contributed by atoms with Crippen LogP contribution in [0.3, 0.4) is 0 Å². The zero-order valence-corrected chi connectivity index (χ0v) is 12.2. The Morgan fingerprint density at radius 3 is 1.64 bits per heavy atom. The highest BCUT2D eigenvalue weighted by Gasteiger charge is 2.05. The zero-order chi connectivity index (χ0) is 15.6. The topological polar surface area (TPSA) is 84.0 Å². The maximum atomic E-state index is 11.7. The molecule has 0 aliphatic heterocycles. The SMILES string of the molecule is O=C(NCCCCNC(=O)c1cccnc1)c1cccnc1. The Balaban J connectivity index is 1.58. The van der Waals surface area contributed by atoms with Gasteiger partial charge in [0.1, 0.15) is 0 Å². The van der Waals surface area contributed by atoms with Gasteiger partial charge in [-0.25, -0.2) is 0 Å². The molecule has 2 heterocycles. The molecule has 0 aliphatic carbocycles. The van der Waals surface area contributed by atoms with Crippen LogP contribution < -0.4 is 10.6 Å². The number of rotatable bonds is 7. The van der Waals surface area contributed by atoms with Gasteiger partial charge in [0.2, 0.25) is 0 Å². The van der Waals surface area contributed by atoms with Gasteiger partial charge < -0.3 is 10.6 Å². The molecule has 2 N–H and O–H groups in total. The highest BCUT2D eigenvalue weighted by Crippen LogP contribution is 1.97. The molecule has 0 bridgehead atoms. The number of nitrogens with zero attached hydrogens (tertiary/aromatic N) is 2. The minimum Gasteiger partial charge on any atom is -0.352 e. The van der Waals surface area contributed by atoms with Gasteiger partial charge in [-0.15, -0.1) is 0 Å². The third kappa shape index (κ3) is 4.97. The van der Waals surface area contributed by atoms with E-state index in [1.807, 2.05) is 0 Å². The Labute approximate surface area is 129 Å². The Kier molecular flexibility index (Phi) is 6.04. The van der Waals surface area contributed by atoms with Gasteiger partial charge in [0.15, 0.2) is 0 Å². The van der Waals surface area contributed by atoms with Crippen LogP contribution in [0.5, 0.6) is 0 Å². The molecule has 0 saturated heterocycles. The quantitative estimate of drug-likeness (QED) is 0.757. The fourth-order valence-corrected chi connectivity index (χ4v) is 1.85. The Morgan fingerprint density at radius 1 is 0.818 bits per heavy atom. The van der Waals surface area contributed by atoms with Gasteiger partial charge in [0.25, 0.3) is 11.8 Å². The number of hydrogen-bond donors (Lipinski definition) is 2. The minimum atomic E-state index is -0.132. The lowest BCUT2D eigenvalue weighted by molar-refractivity contribution is 0.0939. The van der Waals surface area contributed by atoms with Crippen LogP contribution in [0.4, 0.5) is 0 Å². The van der Waals surface area contributed by atoms with Gasteiger partial charge in [0, 0.05) is 37.9 Å². The molecule has 0 saturated carbocycles. The molecule has 0 aromatic carbocycles. The smallest absolute Gasteiger partial charge is 0.252 e. The average Bonchev–Trinajstić information content (AvgIpc) is 2.59. The molecule has 0 unspecified atom stereocenters. The summed E-state index contributed by atoms with van der Waals surface area (Å²) in [5.41, 5.74) is 1.10. The van der Waals surface area contributed by atoms with Crippen molar-refractivity contribution in [2.75, 3.05) is 13.1 Å². The maximum Gasteiger partial charge on any atom is 0.252 e. The number of nitrogens with one attached hydrogen (secondary N) is 2. The summed E-state index contributed by atoms with van der Waals surface area (Å²) in [7, 11) is 0. The Hall–Kier alpha value is -2.76. The van der Waals surface area contributed by atoms with Crippen LogP contribution in [0, 0.1) is 0 Å². The summed E-state index contributed by atoms with van der Waals surface area (Å²) in [6.45, 7) is 1.13. The van der Waals surface area contributed by atoms with Crippen molar-refractivity contribution in [3.63, 3.8) is 0 Å². The summed E-state index contributed by atoms with van der Waals surface area (Å²) in [4.78, 5) is 31.3. The Morgan fingerprint density at radius 2 is 1.27 bits per heavy atom. The van der Waals surface area contributed by atoms with Crippen LogP contribution in [0.1, 0.15) is 33.6 Å². The summed E-state index contributed by atoms with van der Waals surface area (Å²) >= 11 is 0. The van der Waals surface area contributed by atoms with Crippen molar-refractivity contribution >= 4 is 11.8 Å². The van der Waals surface area contributed by atoms with E-state index >= 15 is 0 Å². The van der Waals surface area contributed by atoms with Crippen molar-refractivity contribution in [3.05, 3.63) is 60.2 Å². The third-order valence-corrected chi connectivity index (χ3v) is 3.02. The van der Waals surface area contributed by atoms with Crippen molar-refractivity contribution in [1.29, 1.82) is 0 Å². The minimum absolute atomic E-state index is 0.132. The highest BCUT2D eigenvalue weighted by atomic mass is 16.2. The molecule has 0 aliphatic rings. The van der Waals surface area contributed by atoms with E-state index in [1.54, 1.807) is 36.7 Å². The van der Waals surface area contributed by atoms with E-state index < -0.39 is 0 Å². The molecule has 22 heavy (non-hydrogen) atoms. The summed E-state index contributed by atoms with van der Waals surface area (Å²) < 4.78 is 0. The first kappa shape index (κ1) is 15.6. The summed E-state index contributed by atoms with van der Waals surface area (Å²) in [5.74, 6) is -0.264. The second kappa shape index (κ2) is 8.51. The van der Waals surface area contributed by atoms with Crippen molar-refractivity contribution < 1.29 is 9.59 Å². The number of aromatic nitrogens is 2. The van der Waals surface area contributed by atoms with Crippen LogP contribution in [0.2, 0.25) is 0 Å². The molecule has 114 valence electrons. The predicted octanol–water partition coefficient (Wildman–Crippen LogP) is 1.42. The Bertz CT molecular complexity index is 547. The van der Waals surface area contributed by atoms with E-state index in [4.69, 9.17) is 0 Å². The lowest BCUT2D eigenvalue weighted by Crippen LogP contribution is -2.27. The van der Waals surface area contributed by atoms with Crippen molar-refractivity contribution in [2.45, 2.75) is 12.8 Å². The second-order valence-electron chi connectivity index (χ2n) is 4.70. The molecule has 2 aromatic rings. The molecule has 0 fully saturated rings. The lowest BCUT2D eigenvalue weighted by atomic mass is 10.2.